The molecule has 2 aliphatic rings. The molecule has 0 spiro atoms. The average molecular weight is 373 g/mol. The number of pyridine rings is 1. The first kappa shape index (κ1) is 17.0. The maximum atomic E-state index is 9.59. The first-order valence-corrected chi connectivity index (χ1v) is 9.90. The van der Waals surface area contributed by atoms with Gasteiger partial charge in [-0.25, -0.2) is 14.5 Å². The van der Waals surface area contributed by atoms with E-state index in [0.29, 0.717) is 5.56 Å². The molecule has 0 amide bonds. The molecule has 28 heavy (non-hydrogen) atoms. The average Bonchev–Trinajstić information content (AvgIpc) is 3.30. The quantitative estimate of drug-likeness (QED) is 0.687. The normalized spacial score (nSPS) is 16.5. The fourth-order valence-corrected chi connectivity index (χ4v) is 4.24. The minimum atomic E-state index is 0.707. The van der Waals surface area contributed by atoms with Gasteiger partial charge in [0.25, 0.3) is 0 Å². The Hall–Kier alpha value is -3.14. The lowest BCUT2D eigenvalue weighted by Crippen LogP contribution is -2.47. The molecule has 7 heteroatoms. The van der Waals surface area contributed by atoms with Gasteiger partial charge in [-0.05, 0) is 56.9 Å². The van der Waals surface area contributed by atoms with Crippen molar-refractivity contribution >= 4 is 17.3 Å². The van der Waals surface area contributed by atoms with Crippen molar-refractivity contribution in [3.8, 4) is 6.07 Å². The molecule has 1 aliphatic carbocycles. The highest BCUT2D eigenvalue weighted by Gasteiger charge is 2.24. The lowest BCUT2D eigenvalue weighted by molar-refractivity contribution is 0.634. The lowest BCUT2D eigenvalue weighted by atomic mass is 10.1. The molecule has 0 atom stereocenters. The third-order valence-electron chi connectivity index (χ3n) is 5.98. The second kappa shape index (κ2) is 6.48. The molecule has 0 bridgehead atoms. The number of hydrogen-bond donors (Lipinski definition) is 0. The van der Waals surface area contributed by atoms with E-state index < -0.39 is 0 Å². The molecule has 0 N–H and O–H groups in total. The third-order valence-corrected chi connectivity index (χ3v) is 5.98. The number of rotatable bonds is 2. The smallest absolute Gasteiger partial charge is 0.154 e. The predicted molar refractivity (Wildman–Crippen MR) is 108 cm³/mol. The van der Waals surface area contributed by atoms with Crippen LogP contribution < -0.4 is 9.80 Å². The van der Waals surface area contributed by atoms with E-state index in [0.717, 1.165) is 74.1 Å². The second-order valence-electron chi connectivity index (χ2n) is 7.65. The van der Waals surface area contributed by atoms with E-state index in [9.17, 15) is 5.26 Å². The molecule has 1 aliphatic heterocycles. The third kappa shape index (κ3) is 2.68. The van der Waals surface area contributed by atoms with Gasteiger partial charge in [-0.1, -0.05) is 0 Å². The Labute approximate surface area is 164 Å². The van der Waals surface area contributed by atoms with Gasteiger partial charge in [0.1, 0.15) is 17.7 Å². The van der Waals surface area contributed by atoms with Gasteiger partial charge in [0.05, 0.1) is 17.0 Å². The van der Waals surface area contributed by atoms with Crippen LogP contribution >= 0.6 is 0 Å². The van der Waals surface area contributed by atoms with E-state index in [1.807, 2.05) is 30.5 Å². The number of anilines is 2. The molecule has 5 rings (SSSR count). The van der Waals surface area contributed by atoms with Crippen LogP contribution in [0.15, 0.2) is 18.2 Å². The fourth-order valence-electron chi connectivity index (χ4n) is 4.24. The van der Waals surface area contributed by atoms with E-state index in [2.05, 4.69) is 26.9 Å². The number of hydrogen-bond acceptors (Lipinski definition) is 6. The van der Waals surface area contributed by atoms with E-state index in [1.54, 1.807) is 0 Å². The van der Waals surface area contributed by atoms with Gasteiger partial charge in [0.15, 0.2) is 5.65 Å². The van der Waals surface area contributed by atoms with Crippen molar-refractivity contribution in [2.75, 3.05) is 36.0 Å². The molecular weight excluding hydrogens is 350 g/mol. The van der Waals surface area contributed by atoms with Gasteiger partial charge in [-0.3, -0.25) is 0 Å². The van der Waals surface area contributed by atoms with Crippen molar-refractivity contribution in [1.29, 1.82) is 5.26 Å². The zero-order valence-corrected chi connectivity index (χ0v) is 16.3. The lowest BCUT2D eigenvalue weighted by Gasteiger charge is -2.36. The van der Waals surface area contributed by atoms with Crippen LogP contribution in [0.1, 0.15) is 34.6 Å². The van der Waals surface area contributed by atoms with Gasteiger partial charge in [0, 0.05) is 31.9 Å². The SMILES string of the molecule is Cc1nc2ccc(N3CCN(c4nc5c(cc4C#N)CCC5)CC3)nn2c1C. The number of aromatic nitrogens is 4. The highest BCUT2D eigenvalue weighted by molar-refractivity contribution is 5.58. The van der Waals surface area contributed by atoms with Crippen molar-refractivity contribution in [2.45, 2.75) is 33.1 Å². The molecule has 0 unspecified atom stereocenters. The molecule has 1 fully saturated rings. The molecule has 0 aromatic carbocycles. The Morgan fingerprint density at radius 1 is 1.00 bits per heavy atom. The Kier molecular flexibility index (Phi) is 3.93. The maximum Gasteiger partial charge on any atom is 0.154 e. The summed E-state index contributed by atoms with van der Waals surface area (Å²) < 4.78 is 1.92. The summed E-state index contributed by atoms with van der Waals surface area (Å²) in [6.07, 6.45) is 3.22. The van der Waals surface area contributed by atoms with E-state index in [-0.39, 0.29) is 0 Å². The molecule has 7 nitrogen and oxygen atoms in total. The number of fused-ring (bicyclic) bond motifs is 2. The van der Waals surface area contributed by atoms with Crippen LogP contribution in [0.25, 0.3) is 5.65 Å². The van der Waals surface area contributed by atoms with Crippen LogP contribution in [0, 0.1) is 25.2 Å². The second-order valence-corrected chi connectivity index (χ2v) is 7.65. The van der Waals surface area contributed by atoms with Crippen LogP contribution in [-0.4, -0.2) is 45.8 Å². The number of nitriles is 1. The summed E-state index contributed by atoms with van der Waals surface area (Å²) in [6.45, 7) is 7.44. The Bertz CT molecular complexity index is 1100. The van der Waals surface area contributed by atoms with Crippen LogP contribution in [0.5, 0.6) is 0 Å². The fraction of sp³-hybridized carbons (Fsp3) is 0.429. The minimum absolute atomic E-state index is 0.707. The highest BCUT2D eigenvalue weighted by Crippen LogP contribution is 2.28. The van der Waals surface area contributed by atoms with Gasteiger partial charge >= 0.3 is 0 Å². The zero-order valence-electron chi connectivity index (χ0n) is 16.3. The molecule has 0 saturated carbocycles. The number of imidazole rings is 1. The summed E-state index contributed by atoms with van der Waals surface area (Å²) >= 11 is 0. The molecule has 3 aromatic rings. The number of aryl methyl sites for hydroxylation is 4. The molecule has 142 valence electrons. The molecular formula is C21H23N7. The van der Waals surface area contributed by atoms with Crippen LogP contribution in [0.3, 0.4) is 0 Å². The first-order valence-electron chi connectivity index (χ1n) is 9.90. The first-order chi connectivity index (χ1) is 13.6. The Morgan fingerprint density at radius 3 is 2.57 bits per heavy atom. The summed E-state index contributed by atoms with van der Waals surface area (Å²) in [5.74, 6) is 1.82. The predicted octanol–water partition coefficient (Wildman–Crippen LogP) is 2.43. The van der Waals surface area contributed by atoms with Crippen LogP contribution in [0.4, 0.5) is 11.6 Å². The van der Waals surface area contributed by atoms with E-state index >= 15 is 0 Å². The monoisotopic (exact) mass is 373 g/mol. The summed E-state index contributed by atoms with van der Waals surface area (Å²) in [4.78, 5) is 13.9. The molecule has 4 heterocycles. The van der Waals surface area contributed by atoms with E-state index in [4.69, 9.17) is 10.1 Å². The Morgan fingerprint density at radius 2 is 1.79 bits per heavy atom. The summed E-state index contributed by atoms with van der Waals surface area (Å²) in [6, 6.07) is 8.49. The maximum absolute atomic E-state index is 9.59. The van der Waals surface area contributed by atoms with Crippen LogP contribution in [0.2, 0.25) is 0 Å². The molecule has 1 saturated heterocycles. The minimum Gasteiger partial charge on any atom is -0.352 e. The van der Waals surface area contributed by atoms with Gasteiger partial charge in [0.2, 0.25) is 0 Å². The van der Waals surface area contributed by atoms with Crippen LogP contribution in [-0.2, 0) is 12.8 Å². The number of nitrogens with zero attached hydrogens (tertiary/aromatic N) is 7. The van der Waals surface area contributed by atoms with Crippen molar-refractivity contribution in [2.24, 2.45) is 0 Å². The Balaban J connectivity index is 1.37. The van der Waals surface area contributed by atoms with E-state index in [1.165, 1.54) is 11.3 Å². The molecule has 3 aromatic heterocycles. The number of piperazine rings is 1. The van der Waals surface area contributed by atoms with Gasteiger partial charge in [-0.15, -0.1) is 5.10 Å². The van der Waals surface area contributed by atoms with Gasteiger partial charge < -0.3 is 9.80 Å². The summed E-state index contributed by atoms with van der Waals surface area (Å²) in [5.41, 5.74) is 6.12. The molecule has 0 radical (unpaired) electrons. The van der Waals surface area contributed by atoms with Crippen molar-refractivity contribution in [1.82, 2.24) is 19.6 Å². The van der Waals surface area contributed by atoms with Crippen molar-refractivity contribution in [3.63, 3.8) is 0 Å². The summed E-state index contributed by atoms with van der Waals surface area (Å²) in [5, 5.41) is 14.4. The standard InChI is InChI=1S/C21H23N7/c1-14-15(2)28-19(23-14)6-7-20(25-28)26-8-10-27(11-9-26)21-17(13-22)12-16-4-3-5-18(16)24-21/h6-7,12H,3-5,8-11H2,1-2H3. The summed E-state index contributed by atoms with van der Waals surface area (Å²) in [7, 11) is 0. The zero-order chi connectivity index (χ0) is 19.3. The topological polar surface area (TPSA) is 73.3 Å². The van der Waals surface area contributed by atoms with Crippen molar-refractivity contribution in [3.05, 3.63) is 46.4 Å². The highest BCUT2D eigenvalue weighted by atomic mass is 15.4. The largest absolute Gasteiger partial charge is 0.352 e. The van der Waals surface area contributed by atoms with Crippen molar-refractivity contribution < 1.29 is 0 Å². The van der Waals surface area contributed by atoms with Gasteiger partial charge in [-0.2, -0.15) is 5.26 Å².